The summed E-state index contributed by atoms with van der Waals surface area (Å²) in [7, 11) is -17.1. The van der Waals surface area contributed by atoms with Crippen LogP contribution in [0.3, 0.4) is 0 Å². The number of benzene rings is 4. The summed E-state index contributed by atoms with van der Waals surface area (Å²) < 4.78 is 126. The molecule has 0 spiro atoms. The van der Waals surface area contributed by atoms with Crippen molar-refractivity contribution in [3.8, 4) is 0 Å². The van der Waals surface area contributed by atoms with E-state index < -0.39 is 40.5 Å². The average Bonchev–Trinajstić information content (AvgIpc) is 2.88. The zero-order valence-corrected chi connectivity index (χ0v) is 30.4. The molecule has 0 saturated heterocycles. The predicted molar refractivity (Wildman–Crippen MR) is 162 cm³/mol. The molecule has 0 aliphatic heterocycles. The number of hydrogen-bond acceptors (Lipinski definition) is 12. The minimum Gasteiger partial charge on any atom is -0.744 e. The molecule has 0 N–H and O–H groups in total. The van der Waals surface area contributed by atoms with Gasteiger partial charge in [-0.05, 0) is 74.2 Å². The van der Waals surface area contributed by atoms with E-state index in [2.05, 4.69) is 0 Å². The van der Waals surface area contributed by atoms with Crippen LogP contribution in [0.5, 0.6) is 0 Å². The van der Waals surface area contributed by atoms with Gasteiger partial charge in [0, 0.05) is 0 Å². The number of hydrogen-bond donors (Lipinski definition) is 0. The third-order valence-corrected chi connectivity index (χ3v) is 9.44. The van der Waals surface area contributed by atoms with Gasteiger partial charge in [-0.3, -0.25) is 0 Å². The minimum atomic E-state index is -4.28. The Balaban J connectivity index is 0.000000569. The monoisotopic (exact) mass is 804 g/mol. The summed E-state index contributed by atoms with van der Waals surface area (Å²) in [5, 5.41) is 0. The van der Waals surface area contributed by atoms with Gasteiger partial charge >= 0.3 is 23.9 Å². The second kappa shape index (κ2) is 17.9. The van der Waals surface area contributed by atoms with Crippen molar-refractivity contribution in [3.05, 3.63) is 119 Å². The first-order chi connectivity index (χ1) is 20.1. The van der Waals surface area contributed by atoms with Gasteiger partial charge in [0.2, 0.25) is 0 Å². The van der Waals surface area contributed by atoms with Crippen LogP contribution in [0, 0.1) is 27.7 Å². The van der Waals surface area contributed by atoms with Crippen molar-refractivity contribution in [3.63, 3.8) is 0 Å². The van der Waals surface area contributed by atoms with Crippen LogP contribution in [0.15, 0.2) is 117 Å². The fraction of sp³-hybridized carbons (Fsp3) is 0.143. The maximum absolute atomic E-state index is 10.5. The molecular weight excluding hydrogens is 775 g/mol. The van der Waals surface area contributed by atoms with Crippen molar-refractivity contribution < 1.29 is 51.9 Å². The third kappa shape index (κ3) is 15.0. The van der Waals surface area contributed by atoms with Crippen LogP contribution in [0.25, 0.3) is 0 Å². The molecule has 0 fully saturated rings. The number of rotatable bonds is 4. The maximum Gasteiger partial charge on any atom is 4.00 e. The quantitative estimate of drug-likeness (QED) is 0.214. The first-order valence-electron chi connectivity index (χ1n) is 12.1. The van der Waals surface area contributed by atoms with Gasteiger partial charge in [0.05, 0.1) is 19.6 Å². The van der Waals surface area contributed by atoms with Gasteiger partial charge < -0.3 is 18.2 Å². The summed E-state index contributed by atoms with van der Waals surface area (Å²) >= 11 is 0. The first kappa shape index (κ1) is 42.3. The van der Waals surface area contributed by atoms with E-state index in [0.29, 0.717) is 22.3 Å². The smallest absolute Gasteiger partial charge is 0.744 e. The zero-order valence-electron chi connectivity index (χ0n) is 24.3. The molecule has 240 valence electrons. The summed E-state index contributed by atoms with van der Waals surface area (Å²) in [4.78, 5) is -0.556. The molecule has 0 aliphatic rings. The van der Waals surface area contributed by atoms with Crippen molar-refractivity contribution in [2.45, 2.75) is 47.3 Å². The van der Waals surface area contributed by atoms with Crippen LogP contribution in [-0.2, 0) is 40.5 Å². The van der Waals surface area contributed by atoms with Crippen LogP contribution in [-0.4, -0.2) is 75.8 Å². The van der Waals surface area contributed by atoms with Crippen molar-refractivity contribution in [2.24, 2.45) is 0 Å². The molecule has 0 heterocycles. The van der Waals surface area contributed by atoms with E-state index in [0.717, 1.165) is 0 Å². The Kier molecular flexibility index (Phi) is 16.8. The predicted octanol–water partition coefficient (Wildman–Crippen LogP) is 3.22. The van der Waals surface area contributed by atoms with Crippen LogP contribution in [0.4, 0.5) is 0 Å². The minimum absolute atomic E-state index is 0. The molecule has 0 unspecified atom stereocenters. The second-order valence-electron chi connectivity index (χ2n) is 8.88. The van der Waals surface area contributed by atoms with Crippen LogP contribution >= 0.6 is 0 Å². The molecule has 4 aromatic rings. The third-order valence-electron chi connectivity index (χ3n) is 5.45. The van der Waals surface area contributed by atoms with Gasteiger partial charge in [-0.2, -0.15) is 0 Å². The molecule has 0 aromatic heterocycles. The van der Waals surface area contributed by atoms with Crippen LogP contribution in [0.1, 0.15) is 22.3 Å². The zero-order chi connectivity index (χ0) is 33.9. The standard InChI is InChI=1S/4C7H8O3S.Sn/c4*1-6-4-2-3-5-7(6)11(8,9)10;/h4*2-5H,1H3,(H,8,9,10);/q;;;;+4/p-4. The Morgan fingerprint density at radius 2 is 0.467 bits per heavy atom. The summed E-state index contributed by atoms with van der Waals surface area (Å²) in [5.41, 5.74) is 1.95. The molecule has 0 bridgehead atoms. The number of aryl methyl sites for hydroxylation is 4. The molecule has 0 atom stereocenters. The van der Waals surface area contributed by atoms with E-state index in [1.165, 1.54) is 48.5 Å². The molecule has 0 amide bonds. The van der Waals surface area contributed by atoms with Gasteiger partial charge in [-0.1, -0.05) is 72.8 Å². The second-order valence-corrected chi connectivity index (χ2v) is 14.3. The van der Waals surface area contributed by atoms with E-state index >= 15 is 0 Å². The summed E-state index contributed by atoms with van der Waals surface area (Å²) in [6.07, 6.45) is 0. The van der Waals surface area contributed by atoms with Crippen molar-refractivity contribution in [2.75, 3.05) is 0 Å². The fourth-order valence-electron chi connectivity index (χ4n) is 3.35. The molecule has 4 aromatic carbocycles. The normalized spacial score (nSPS) is 11.2. The molecule has 4 rings (SSSR count). The average molecular weight is 803 g/mol. The van der Waals surface area contributed by atoms with Crippen molar-refractivity contribution >= 4 is 64.4 Å². The fourth-order valence-corrected chi connectivity index (χ4v) is 6.18. The molecule has 0 radical (unpaired) electrons. The van der Waals surface area contributed by atoms with Gasteiger partial charge in [-0.15, -0.1) is 0 Å². The van der Waals surface area contributed by atoms with Crippen LogP contribution < -0.4 is 0 Å². The molecule has 12 nitrogen and oxygen atoms in total. The van der Waals surface area contributed by atoms with Gasteiger partial charge in [-0.25, -0.2) is 33.7 Å². The van der Waals surface area contributed by atoms with Crippen molar-refractivity contribution in [1.29, 1.82) is 0 Å². The molecular formula is C28H28O12S4Sn. The Bertz CT molecular complexity index is 1720. The molecule has 45 heavy (non-hydrogen) atoms. The van der Waals surface area contributed by atoms with Gasteiger partial charge in [0.1, 0.15) is 40.5 Å². The van der Waals surface area contributed by atoms with Crippen LogP contribution in [0.2, 0.25) is 0 Å². The largest absolute Gasteiger partial charge is 4.00 e. The topological polar surface area (TPSA) is 229 Å². The van der Waals surface area contributed by atoms with E-state index in [1.54, 1.807) is 76.2 Å². The Morgan fingerprint density at radius 1 is 0.333 bits per heavy atom. The molecule has 0 aliphatic carbocycles. The summed E-state index contributed by atoms with van der Waals surface area (Å²) in [5.74, 6) is 0. The van der Waals surface area contributed by atoms with E-state index in [1.807, 2.05) is 0 Å². The molecule has 0 saturated carbocycles. The van der Waals surface area contributed by atoms with Gasteiger partial charge in [0.25, 0.3) is 0 Å². The Hall–Kier alpha value is -2.68. The van der Waals surface area contributed by atoms with Gasteiger partial charge in [0.15, 0.2) is 0 Å². The summed E-state index contributed by atoms with van der Waals surface area (Å²) in [6, 6.07) is 24.4. The molecule has 17 heteroatoms. The Morgan fingerprint density at radius 3 is 0.556 bits per heavy atom. The van der Waals surface area contributed by atoms with Crippen molar-refractivity contribution in [1.82, 2.24) is 0 Å². The van der Waals surface area contributed by atoms with E-state index in [4.69, 9.17) is 0 Å². The van der Waals surface area contributed by atoms with E-state index in [-0.39, 0.29) is 43.5 Å². The van der Waals surface area contributed by atoms with E-state index in [9.17, 15) is 51.9 Å². The summed E-state index contributed by atoms with van der Waals surface area (Å²) in [6.45, 7) is 6.35. The maximum atomic E-state index is 10.5. The SMILES string of the molecule is Cc1ccccc1S(=O)(=O)[O-].Cc1ccccc1S(=O)(=O)[O-].Cc1ccccc1S(=O)(=O)[O-].Cc1ccccc1S(=O)(=O)[O-].[Sn+4]. The first-order valence-corrected chi connectivity index (χ1v) is 17.8. The Labute approximate surface area is 281 Å².